The van der Waals surface area contributed by atoms with Crippen LogP contribution in [0.3, 0.4) is 0 Å². The second-order valence-corrected chi connectivity index (χ2v) is 5.98. The van der Waals surface area contributed by atoms with Gasteiger partial charge in [0.15, 0.2) is 5.78 Å². The van der Waals surface area contributed by atoms with Crippen molar-refractivity contribution in [1.82, 2.24) is 4.90 Å². The Balaban J connectivity index is 2.01. The van der Waals surface area contributed by atoms with Gasteiger partial charge in [0.05, 0.1) is 18.1 Å². The normalized spacial score (nSPS) is 16.0. The van der Waals surface area contributed by atoms with Gasteiger partial charge in [0.25, 0.3) is 0 Å². The van der Waals surface area contributed by atoms with Crippen LogP contribution in [0.5, 0.6) is 5.75 Å². The minimum absolute atomic E-state index is 0.165. The summed E-state index contributed by atoms with van der Waals surface area (Å²) in [4.78, 5) is 14.4. The van der Waals surface area contributed by atoms with Crippen molar-refractivity contribution in [3.63, 3.8) is 0 Å². The number of hydrogen-bond donors (Lipinski definition) is 0. The first kappa shape index (κ1) is 14.5. The summed E-state index contributed by atoms with van der Waals surface area (Å²) in [5.74, 6) is 0.915. The topological polar surface area (TPSA) is 29.5 Å². The molecule has 0 spiro atoms. The fraction of sp³-hybridized carbons (Fsp3) is 0.533. The third-order valence-electron chi connectivity index (χ3n) is 3.81. The van der Waals surface area contributed by atoms with Gasteiger partial charge in [0.2, 0.25) is 0 Å². The number of Topliss-reactive ketones (excluding diaryl/α,β-unsaturated/α-hetero) is 1. The van der Waals surface area contributed by atoms with Crippen molar-refractivity contribution < 1.29 is 9.53 Å². The van der Waals surface area contributed by atoms with Crippen LogP contribution in [0.1, 0.15) is 36.0 Å². The van der Waals surface area contributed by atoms with E-state index in [9.17, 15) is 4.79 Å². The third kappa shape index (κ3) is 3.57. The van der Waals surface area contributed by atoms with Crippen molar-refractivity contribution >= 4 is 21.7 Å². The molecule has 0 saturated heterocycles. The molecule has 0 atom stereocenters. The minimum Gasteiger partial charge on any atom is -0.496 e. The number of nitrogens with zero attached hydrogens (tertiary/aromatic N) is 1. The molecule has 0 amide bonds. The van der Waals surface area contributed by atoms with Gasteiger partial charge >= 0.3 is 0 Å². The zero-order valence-corrected chi connectivity index (χ0v) is 13.1. The summed E-state index contributed by atoms with van der Waals surface area (Å²) < 4.78 is 6.00. The second-order valence-electron chi connectivity index (χ2n) is 5.13. The fourth-order valence-corrected chi connectivity index (χ4v) is 3.17. The lowest BCUT2D eigenvalue weighted by Crippen LogP contribution is -2.34. The molecule has 0 radical (unpaired) electrons. The van der Waals surface area contributed by atoms with E-state index in [1.807, 2.05) is 25.2 Å². The van der Waals surface area contributed by atoms with Gasteiger partial charge in [-0.15, -0.1) is 0 Å². The van der Waals surface area contributed by atoms with Crippen molar-refractivity contribution in [3.05, 3.63) is 28.2 Å². The van der Waals surface area contributed by atoms with E-state index in [0.29, 0.717) is 12.6 Å². The molecule has 3 nitrogen and oxygen atoms in total. The summed E-state index contributed by atoms with van der Waals surface area (Å²) in [5.41, 5.74) is 0.734. The number of methoxy groups -OCH3 is 1. The highest BCUT2D eigenvalue weighted by Gasteiger charge is 2.21. The number of ether oxygens (including phenoxy) is 1. The van der Waals surface area contributed by atoms with Gasteiger partial charge in [-0.05, 0) is 54.0 Å². The molecule has 4 heteroatoms. The standard InChI is InChI=1S/C15H20BrNO2/c1-17(12-5-3-4-6-12)10-14(18)11-7-8-15(19-2)13(16)9-11/h7-9,12H,3-6,10H2,1-2H3. The number of hydrogen-bond acceptors (Lipinski definition) is 3. The molecule has 2 rings (SSSR count). The maximum Gasteiger partial charge on any atom is 0.176 e. The largest absolute Gasteiger partial charge is 0.496 e. The molecule has 0 N–H and O–H groups in total. The molecular weight excluding hydrogens is 306 g/mol. The Morgan fingerprint density at radius 3 is 2.68 bits per heavy atom. The van der Waals surface area contributed by atoms with Gasteiger partial charge in [-0.3, -0.25) is 9.69 Å². The van der Waals surface area contributed by atoms with E-state index >= 15 is 0 Å². The predicted molar refractivity (Wildman–Crippen MR) is 79.9 cm³/mol. The van der Waals surface area contributed by atoms with Gasteiger partial charge in [-0.25, -0.2) is 0 Å². The average Bonchev–Trinajstić information content (AvgIpc) is 2.92. The van der Waals surface area contributed by atoms with Crippen LogP contribution >= 0.6 is 15.9 Å². The first-order chi connectivity index (χ1) is 9.11. The lowest BCUT2D eigenvalue weighted by molar-refractivity contribution is 0.0921. The second kappa shape index (κ2) is 6.53. The summed E-state index contributed by atoms with van der Waals surface area (Å²) in [5, 5.41) is 0. The van der Waals surface area contributed by atoms with Gasteiger partial charge in [-0.1, -0.05) is 12.8 Å². The van der Waals surface area contributed by atoms with Crippen LogP contribution in [0.2, 0.25) is 0 Å². The Hall–Kier alpha value is -0.870. The molecule has 0 unspecified atom stereocenters. The smallest absolute Gasteiger partial charge is 0.176 e. The van der Waals surface area contributed by atoms with Gasteiger partial charge < -0.3 is 4.74 Å². The third-order valence-corrected chi connectivity index (χ3v) is 4.43. The first-order valence-electron chi connectivity index (χ1n) is 6.69. The highest BCUT2D eigenvalue weighted by Crippen LogP contribution is 2.26. The van der Waals surface area contributed by atoms with Crippen LogP contribution < -0.4 is 4.74 Å². The summed E-state index contributed by atoms with van der Waals surface area (Å²) in [7, 11) is 3.67. The van der Waals surface area contributed by atoms with Crippen LogP contribution in [-0.4, -0.2) is 37.4 Å². The van der Waals surface area contributed by atoms with Crippen LogP contribution in [0.25, 0.3) is 0 Å². The molecule has 19 heavy (non-hydrogen) atoms. The highest BCUT2D eigenvalue weighted by molar-refractivity contribution is 9.10. The Morgan fingerprint density at radius 2 is 2.11 bits per heavy atom. The molecule has 1 aliphatic carbocycles. The van der Waals surface area contributed by atoms with Crippen molar-refractivity contribution in [2.45, 2.75) is 31.7 Å². The Labute approximate surface area is 123 Å². The van der Waals surface area contributed by atoms with Crippen LogP contribution in [0.4, 0.5) is 0 Å². The van der Waals surface area contributed by atoms with Gasteiger partial charge in [0.1, 0.15) is 5.75 Å². The van der Waals surface area contributed by atoms with Crippen molar-refractivity contribution in [1.29, 1.82) is 0 Å². The molecule has 0 heterocycles. The lowest BCUT2D eigenvalue weighted by atomic mass is 10.1. The van der Waals surface area contributed by atoms with Gasteiger partial charge in [0, 0.05) is 11.6 Å². The molecule has 104 valence electrons. The molecule has 0 bridgehead atoms. The summed E-state index contributed by atoms with van der Waals surface area (Å²) in [6.45, 7) is 0.490. The lowest BCUT2D eigenvalue weighted by Gasteiger charge is -2.23. The number of halogens is 1. The number of rotatable bonds is 5. The Bertz CT molecular complexity index is 455. The van der Waals surface area contributed by atoms with Gasteiger partial charge in [-0.2, -0.15) is 0 Å². The predicted octanol–water partition coefficient (Wildman–Crippen LogP) is 3.51. The van der Waals surface area contributed by atoms with Crippen molar-refractivity contribution in [3.8, 4) is 5.75 Å². The van der Waals surface area contributed by atoms with E-state index in [2.05, 4.69) is 20.8 Å². The number of carbonyl (C=O) groups is 1. The molecule has 0 aliphatic heterocycles. The van der Waals surface area contributed by atoms with E-state index in [1.54, 1.807) is 7.11 Å². The van der Waals surface area contributed by atoms with Crippen molar-refractivity contribution in [2.75, 3.05) is 20.7 Å². The Kier molecular flexibility index (Phi) is 4.99. The minimum atomic E-state index is 0.165. The zero-order chi connectivity index (χ0) is 13.8. The SMILES string of the molecule is COc1ccc(C(=O)CN(C)C2CCCC2)cc1Br. The molecule has 1 aromatic carbocycles. The summed E-state index contributed by atoms with van der Waals surface area (Å²) in [6.07, 6.45) is 5.01. The quantitative estimate of drug-likeness (QED) is 0.776. The monoisotopic (exact) mass is 325 g/mol. The number of likely N-dealkylation sites (N-methyl/N-ethyl adjacent to an activating group) is 1. The van der Waals surface area contributed by atoms with Crippen LogP contribution in [-0.2, 0) is 0 Å². The number of benzene rings is 1. The maximum absolute atomic E-state index is 12.3. The van der Waals surface area contributed by atoms with E-state index in [0.717, 1.165) is 15.8 Å². The molecule has 0 aromatic heterocycles. The molecule has 1 aliphatic rings. The van der Waals surface area contributed by atoms with E-state index < -0.39 is 0 Å². The molecule has 1 aromatic rings. The van der Waals surface area contributed by atoms with E-state index in [4.69, 9.17) is 4.74 Å². The fourth-order valence-electron chi connectivity index (χ4n) is 2.63. The molecule has 1 saturated carbocycles. The van der Waals surface area contributed by atoms with Crippen LogP contribution in [0.15, 0.2) is 22.7 Å². The summed E-state index contributed by atoms with van der Waals surface area (Å²) in [6, 6.07) is 6.07. The van der Waals surface area contributed by atoms with E-state index in [-0.39, 0.29) is 5.78 Å². The Morgan fingerprint density at radius 1 is 1.42 bits per heavy atom. The maximum atomic E-state index is 12.3. The zero-order valence-electron chi connectivity index (χ0n) is 11.5. The molecule has 1 fully saturated rings. The first-order valence-corrected chi connectivity index (χ1v) is 7.48. The van der Waals surface area contributed by atoms with Crippen molar-refractivity contribution in [2.24, 2.45) is 0 Å². The average molecular weight is 326 g/mol. The van der Waals surface area contributed by atoms with E-state index in [1.165, 1.54) is 25.7 Å². The molecular formula is C15H20BrNO2. The highest BCUT2D eigenvalue weighted by atomic mass is 79.9. The summed E-state index contributed by atoms with van der Waals surface area (Å²) >= 11 is 3.42. The number of ketones is 1. The number of carbonyl (C=O) groups excluding carboxylic acids is 1. The van der Waals surface area contributed by atoms with Crippen LogP contribution in [0, 0.1) is 0 Å².